The van der Waals surface area contributed by atoms with Crippen LogP contribution in [0.15, 0.2) is 24.3 Å². The number of fused-ring (bicyclic) bond motifs is 1. The first-order valence-corrected chi connectivity index (χ1v) is 6.51. The van der Waals surface area contributed by atoms with Gasteiger partial charge in [-0.1, -0.05) is 25.1 Å². The molecule has 0 amide bonds. The number of ether oxygens (including phenoxy) is 1. The maximum absolute atomic E-state index is 5.02. The van der Waals surface area contributed by atoms with Crippen molar-refractivity contribution in [2.75, 3.05) is 20.3 Å². The summed E-state index contributed by atoms with van der Waals surface area (Å²) < 4.78 is 7.12. The van der Waals surface area contributed by atoms with Crippen LogP contribution in [0.5, 0.6) is 0 Å². The lowest BCUT2D eigenvalue weighted by atomic mass is 10.2. The highest BCUT2D eigenvalue weighted by molar-refractivity contribution is 5.81. The summed E-state index contributed by atoms with van der Waals surface area (Å²) in [6.45, 7) is 5.52. The first-order valence-electron chi connectivity index (χ1n) is 6.51. The molecule has 2 aromatic rings. The molecule has 0 atom stereocenters. The smallest absolute Gasteiger partial charge is 0.0841 e. The third-order valence-corrected chi connectivity index (χ3v) is 2.95. The fraction of sp³-hybridized carbons (Fsp3) is 0.500. The Balaban J connectivity index is 2.16. The second-order valence-corrected chi connectivity index (χ2v) is 4.36. The van der Waals surface area contributed by atoms with Gasteiger partial charge in [0.2, 0.25) is 0 Å². The summed E-state index contributed by atoms with van der Waals surface area (Å²) in [5, 5.41) is 9.29. The van der Waals surface area contributed by atoms with E-state index in [1.54, 1.807) is 7.11 Å². The molecule has 0 saturated heterocycles. The SMILES string of the molecule is CCCn1nc(CNCCOC)c2ccccc21. The normalized spacial score (nSPS) is 11.2. The van der Waals surface area contributed by atoms with Gasteiger partial charge in [-0.2, -0.15) is 5.10 Å². The fourth-order valence-electron chi connectivity index (χ4n) is 2.09. The number of nitrogens with one attached hydrogen (secondary N) is 1. The third kappa shape index (κ3) is 2.89. The molecular formula is C14H21N3O. The summed E-state index contributed by atoms with van der Waals surface area (Å²) in [5.41, 5.74) is 2.35. The molecule has 0 saturated carbocycles. The summed E-state index contributed by atoms with van der Waals surface area (Å²) in [6, 6.07) is 8.41. The highest BCUT2D eigenvalue weighted by Gasteiger charge is 2.08. The van der Waals surface area contributed by atoms with Crippen LogP contribution in [0.2, 0.25) is 0 Å². The average molecular weight is 247 g/mol. The van der Waals surface area contributed by atoms with Crippen molar-refractivity contribution in [1.82, 2.24) is 15.1 Å². The van der Waals surface area contributed by atoms with E-state index in [0.29, 0.717) is 0 Å². The molecular weight excluding hydrogens is 226 g/mol. The molecule has 1 heterocycles. The summed E-state index contributed by atoms with van der Waals surface area (Å²) in [7, 11) is 1.72. The zero-order valence-corrected chi connectivity index (χ0v) is 11.1. The average Bonchev–Trinajstić information content (AvgIpc) is 2.74. The first kappa shape index (κ1) is 13.1. The largest absolute Gasteiger partial charge is 0.383 e. The van der Waals surface area contributed by atoms with Gasteiger partial charge < -0.3 is 10.1 Å². The zero-order valence-electron chi connectivity index (χ0n) is 11.1. The maximum Gasteiger partial charge on any atom is 0.0841 e. The quantitative estimate of drug-likeness (QED) is 0.762. The van der Waals surface area contributed by atoms with Crippen LogP contribution >= 0.6 is 0 Å². The Bertz CT molecular complexity index is 493. The topological polar surface area (TPSA) is 39.1 Å². The van der Waals surface area contributed by atoms with E-state index in [9.17, 15) is 0 Å². The molecule has 1 N–H and O–H groups in total. The Hall–Kier alpha value is -1.39. The maximum atomic E-state index is 5.02. The Morgan fingerprint density at radius 1 is 1.33 bits per heavy atom. The van der Waals surface area contributed by atoms with Crippen molar-refractivity contribution in [3.05, 3.63) is 30.0 Å². The second-order valence-electron chi connectivity index (χ2n) is 4.36. The van der Waals surface area contributed by atoms with Gasteiger partial charge in [-0.05, 0) is 12.5 Å². The number of rotatable bonds is 7. The lowest BCUT2D eigenvalue weighted by Crippen LogP contribution is -2.19. The van der Waals surface area contributed by atoms with Crippen LogP contribution in [-0.4, -0.2) is 30.0 Å². The molecule has 0 aliphatic heterocycles. The molecule has 0 aliphatic carbocycles. The standard InChI is InChI=1S/C14H21N3O/c1-3-9-17-14-7-5-4-6-12(14)13(16-17)11-15-8-10-18-2/h4-7,15H,3,8-11H2,1-2H3. The van der Waals surface area contributed by atoms with Crippen molar-refractivity contribution >= 4 is 10.9 Å². The molecule has 0 radical (unpaired) electrons. The minimum Gasteiger partial charge on any atom is -0.383 e. The molecule has 2 rings (SSSR count). The van der Waals surface area contributed by atoms with E-state index in [2.05, 4.69) is 41.2 Å². The van der Waals surface area contributed by atoms with E-state index in [1.807, 2.05) is 0 Å². The van der Waals surface area contributed by atoms with Gasteiger partial charge in [0.1, 0.15) is 0 Å². The number of para-hydroxylation sites is 1. The third-order valence-electron chi connectivity index (χ3n) is 2.95. The van der Waals surface area contributed by atoms with E-state index in [1.165, 1.54) is 10.9 Å². The predicted molar refractivity (Wildman–Crippen MR) is 73.6 cm³/mol. The van der Waals surface area contributed by atoms with Crippen LogP contribution in [-0.2, 0) is 17.8 Å². The zero-order chi connectivity index (χ0) is 12.8. The highest BCUT2D eigenvalue weighted by atomic mass is 16.5. The van der Waals surface area contributed by atoms with Crippen molar-refractivity contribution in [1.29, 1.82) is 0 Å². The van der Waals surface area contributed by atoms with Crippen molar-refractivity contribution < 1.29 is 4.74 Å². The minimum atomic E-state index is 0.730. The Labute approximate surface area is 108 Å². The van der Waals surface area contributed by atoms with E-state index < -0.39 is 0 Å². The van der Waals surface area contributed by atoms with Gasteiger partial charge in [-0.25, -0.2) is 0 Å². The molecule has 98 valence electrons. The van der Waals surface area contributed by atoms with Crippen LogP contribution in [0.1, 0.15) is 19.0 Å². The van der Waals surface area contributed by atoms with Crippen LogP contribution < -0.4 is 5.32 Å². The lowest BCUT2D eigenvalue weighted by Gasteiger charge is -2.01. The predicted octanol–water partition coefficient (Wildman–Crippen LogP) is 2.18. The summed E-state index contributed by atoms with van der Waals surface area (Å²) in [4.78, 5) is 0. The molecule has 18 heavy (non-hydrogen) atoms. The molecule has 1 aromatic heterocycles. The number of nitrogens with zero attached hydrogens (tertiary/aromatic N) is 2. The van der Waals surface area contributed by atoms with E-state index in [0.717, 1.165) is 38.4 Å². The molecule has 1 aromatic carbocycles. The van der Waals surface area contributed by atoms with Gasteiger partial charge in [0.25, 0.3) is 0 Å². The Morgan fingerprint density at radius 3 is 2.94 bits per heavy atom. The highest BCUT2D eigenvalue weighted by Crippen LogP contribution is 2.18. The number of aryl methyl sites for hydroxylation is 1. The van der Waals surface area contributed by atoms with Gasteiger partial charge in [0, 0.05) is 32.1 Å². The van der Waals surface area contributed by atoms with Gasteiger partial charge in [-0.3, -0.25) is 4.68 Å². The number of methoxy groups -OCH3 is 1. The van der Waals surface area contributed by atoms with Crippen molar-refractivity contribution in [3.8, 4) is 0 Å². The second kappa shape index (κ2) is 6.52. The van der Waals surface area contributed by atoms with Crippen molar-refractivity contribution in [3.63, 3.8) is 0 Å². The summed E-state index contributed by atoms with van der Waals surface area (Å²) in [6.07, 6.45) is 1.10. The van der Waals surface area contributed by atoms with Crippen LogP contribution in [0.25, 0.3) is 10.9 Å². The lowest BCUT2D eigenvalue weighted by molar-refractivity contribution is 0.199. The van der Waals surface area contributed by atoms with E-state index in [4.69, 9.17) is 9.84 Å². The number of aromatic nitrogens is 2. The fourth-order valence-corrected chi connectivity index (χ4v) is 2.09. The van der Waals surface area contributed by atoms with Gasteiger partial charge >= 0.3 is 0 Å². The molecule has 0 fully saturated rings. The van der Waals surface area contributed by atoms with Crippen molar-refractivity contribution in [2.24, 2.45) is 0 Å². The van der Waals surface area contributed by atoms with E-state index >= 15 is 0 Å². The Morgan fingerprint density at radius 2 is 2.17 bits per heavy atom. The molecule has 0 aliphatic rings. The van der Waals surface area contributed by atoms with Crippen LogP contribution in [0.4, 0.5) is 0 Å². The van der Waals surface area contributed by atoms with Crippen LogP contribution in [0.3, 0.4) is 0 Å². The minimum absolute atomic E-state index is 0.730. The summed E-state index contributed by atoms with van der Waals surface area (Å²) in [5.74, 6) is 0. The van der Waals surface area contributed by atoms with Gasteiger partial charge in [-0.15, -0.1) is 0 Å². The van der Waals surface area contributed by atoms with Gasteiger partial charge in [0.05, 0.1) is 17.8 Å². The molecule has 0 unspecified atom stereocenters. The van der Waals surface area contributed by atoms with Gasteiger partial charge in [0.15, 0.2) is 0 Å². The van der Waals surface area contributed by atoms with E-state index in [-0.39, 0.29) is 0 Å². The monoisotopic (exact) mass is 247 g/mol. The van der Waals surface area contributed by atoms with Crippen LogP contribution in [0, 0.1) is 0 Å². The number of hydrogen-bond acceptors (Lipinski definition) is 3. The molecule has 0 spiro atoms. The molecule has 4 nitrogen and oxygen atoms in total. The number of hydrogen-bond donors (Lipinski definition) is 1. The molecule has 0 bridgehead atoms. The molecule has 4 heteroatoms. The first-order chi connectivity index (χ1) is 8.86. The van der Waals surface area contributed by atoms with Crippen molar-refractivity contribution in [2.45, 2.75) is 26.4 Å². The Kier molecular flexibility index (Phi) is 4.73. The number of benzene rings is 1. The summed E-state index contributed by atoms with van der Waals surface area (Å²) >= 11 is 0.